The van der Waals surface area contributed by atoms with Crippen molar-refractivity contribution in [2.24, 2.45) is 0 Å². The zero-order valence-corrected chi connectivity index (χ0v) is 18.8. The number of rotatable bonds is 7. The number of hydrogen-bond acceptors (Lipinski definition) is 4. The van der Waals surface area contributed by atoms with Crippen molar-refractivity contribution in [2.75, 3.05) is 38.0 Å². The highest BCUT2D eigenvalue weighted by atomic mass is 32.2. The number of hydrogen-bond donors (Lipinski definition) is 1. The van der Waals surface area contributed by atoms with Gasteiger partial charge in [-0.1, -0.05) is 51.1 Å². The van der Waals surface area contributed by atoms with Crippen molar-refractivity contribution in [3.63, 3.8) is 0 Å². The minimum Gasteiger partial charge on any atom is -0.325 e. The summed E-state index contributed by atoms with van der Waals surface area (Å²) in [5, 5.41) is 2.98. The molecule has 3 rings (SSSR count). The highest BCUT2D eigenvalue weighted by Gasteiger charge is 2.29. The molecule has 1 saturated heterocycles. The van der Waals surface area contributed by atoms with Crippen LogP contribution in [0.2, 0.25) is 0 Å². The number of para-hydroxylation sites is 1. The SMILES string of the molecule is CCc1ccccc1NC(=O)CN1CCN(S(=O)(=O)c2ccc(C(C)C)cc2)CC1. The zero-order valence-electron chi connectivity index (χ0n) is 18.0. The molecule has 0 saturated carbocycles. The molecule has 2 aromatic rings. The van der Waals surface area contributed by atoms with Crippen LogP contribution in [0, 0.1) is 0 Å². The number of aryl methyl sites for hydroxylation is 1. The summed E-state index contributed by atoms with van der Waals surface area (Å²) in [5.74, 6) is 0.289. The van der Waals surface area contributed by atoms with Crippen LogP contribution in [0.25, 0.3) is 0 Å². The van der Waals surface area contributed by atoms with Crippen LogP contribution in [0.3, 0.4) is 0 Å². The summed E-state index contributed by atoms with van der Waals surface area (Å²) in [6.07, 6.45) is 0.852. The molecule has 1 aliphatic heterocycles. The largest absolute Gasteiger partial charge is 0.325 e. The molecule has 1 amide bonds. The topological polar surface area (TPSA) is 69.7 Å². The summed E-state index contributed by atoms with van der Waals surface area (Å²) >= 11 is 0. The molecule has 2 aromatic carbocycles. The fraction of sp³-hybridized carbons (Fsp3) is 0.435. The standard InChI is InChI=1S/C23H31N3O3S/c1-4-19-7-5-6-8-22(19)24-23(27)17-25-13-15-26(16-14-25)30(28,29)21-11-9-20(10-12-21)18(2)3/h5-12,18H,4,13-17H2,1-3H3,(H,24,27). The first-order chi connectivity index (χ1) is 14.3. The molecule has 0 spiro atoms. The van der Waals surface area contributed by atoms with Gasteiger partial charge in [0.15, 0.2) is 0 Å². The van der Waals surface area contributed by atoms with Crippen molar-refractivity contribution >= 4 is 21.6 Å². The summed E-state index contributed by atoms with van der Waals surface area (Å²) in [6, 6.07) is 14.9. The van der Waals surface area contributed by atoms with Gasteiger partial charge in [-0.05, 0) is 41.7 Å². The molecular weight excluding hydrogens is 398 g/mol. The minimum absolute atomic E-state index is 0.0727. The second-order valence-corrected chi connectivity index (χ2v) is 9.90. The number of amides is 1. The van der Waals surface area contributed by atoms with Crippen molar-refractivity contribution in [1.29, 1.82) is 0 Å². The van der Waals surface area contributed by atoms with Crippen molar-refractivity contribution in [3.8, 4) is 0 Å². The van der Waals surface area contributed by atoms with Crippen LogP contribution in [0.15, 0.2) is 53.4 Å². The number of piperazine rings is 1. The first-order valence-corrected chi connectivity index (χ1v) is 12.0. The Morgan fingerprint density at radius 2 is 1.63 bits per heavy atom. The van der Waals surface area contributed by atoms with Crippen molar-refractivity contribution in [3.05, 3.63) is 59.7 Å². The molecule has 0 unspecified atom stereocenters. The van der Waals surface area contributed by atoms with E-state index in [4.69, 9.17) is 0 Å². The molecule has 162 valence electrons. The van der Waals surface area contributed by atoms with E-state index in [2.05, 4.69) is 26.1 Å². The van der Waals surface area contributed by atoms with Gasteiger partial charge in [0.1, 0.15) is 0 Å². The highest BCUT2D eigenvalue weighted by Crippen LogP contribution is 2.21. The third kappa shape index (κ3) is 5.28. The Morgan fingerprint density at radius 1 is 1.00 bits per heavy atom. The molecule has 0 radical (unpaired) electrons. The van der Waals surface area contributed by atoms with Crippen LogP contribution >= 0.6 is 0 Å². The van der Waals surface area contributed by atoms with Gasteiger partial charge in [0.25, 0.3) is 0 Å². The summed E-state index contributed by atoms with van der Waals surface area (Å²) in [7, 11) is -3.51. The highest BCUT2D eigenvalue weighted by molar-refractivity contribution is 7.89. The second kappa shape index (κ2) is 9.73. The van der Waals surface area contributed by atoms with Gasteiger partial charge in [-0.25, -0.2) is 8.42 Å². The van der Waals surface area contributed by atoms with Crippen LogP contribution in [-0.2, 0) is 21.2 Å². The van der Waals surface area contributed by atoms with Crippen molar-refractivity contribution < 1.29 is 13.2 Å². The minimum atomic E-state index is -3.51. The second-order valence-electron chi connectivity index (χ2n) is 7.96. The predicted octanol–water partition coefficient (Wildman–Crippen LogP) is 3.32. The Bertz CT molecular complexity index is 963. The average molecular weight is 430 g/mol. The smallest absolute Gasteiger partial charge is 0.243 e. The van der Waals surface area contributed by atoms with E-state index >= 15 is 0 Å². The summed E-state index contributed by atoms with van der Waals surface area (Å²) in [5.41, 5.74) is 3.07. The van der Waals surface area contributed by atoms with E-state index in [-0.39, 0.29) is 12.5 Å². The zero-order chi connectivity index (χ0) is 21.7. The van der Waals surface area contributed by atoms with Crippen LogP contribution in [0.5, 0.6) is 0 Å². The molecule has 0 aromatic heterocycles. The van der Waals surface area contributed by atoms with Gasteiger partial charge in [-0.15, -0.1) is 0 Å². The third-order valence-electron chi connectivity index (χ3n) is 5.56. The maximum absolute atomic E-state index is 12.9. The van der Waals surface area contributed by atoms with Gasteiger partial charge in [-0.2, -0.15) is 4.31 Å². The lowest BCUT2D eigenvalue weighted by Crippen LogP contribution is -2.50. The van der Waals surface area contributed by atoms with Gasteiger partial charge in [0.05, 0.1) is 11.4 Å². The lowest BCUT2D eigenvalue weighted by molar-refractivity contribution is -0.117. The molecule has 1 aliphatic rings. The lowest BCUT2D eigenvalue weighted by Gasteiger charge is -2.33. The van der Waals surface area contributed by atoms with Crippen LogP contribution in [-0.4, -0.2) is 56.3 Å². The molecular formula is C23H31N3O3S. The number of nitrogens with zero attached hydrogens (tertiary/aromatic N) is 2. The first kappa shape index (κ1) is 22.5. The molecule has 7 heteroatoms. The molecule has 1 N–H and O–H groups in total. The van der Waals surface area contributed by atoms with E-state index in [9.17, 15) is 13.2 Å². The Morgan fingerprint density at radius 3 is 2.23 bits per heavy atom. The number of benzene rings is 2. The molecule has 1 fully saturated rings. The molecule has 0 aliphatic carbocycles. The third-order valence-corrected chi connectivity index (χ3v) is 7.47. The molecule has 30 heavy (non-hydrogen) atoms. The molecule has 0 atom stereocenters. The van der Waals surface area contributed by atoms with Gasteiger partial charge in [0.2, 0.25) is 15.9 Å². The predicted molar refractivity (Wildman–Crippen MR) is 120 cm³/mol. The van der Waals surface area contributed by atoms with Gasteiger partial charge in [0, 0.05) is 31.9 Å². The van der Waals surface area contributed by atoms with Crippen molar-refractivity contribution in [1.82, 2.24) is 9.21 Å². The van der Waals surface area contributed by atoms with E-state index in [0.29, 0.717) is 37.0 Å². The Balaban J connectivity index is 1.55. The van der Waals surface area contributed by atoms with Gasteiger partial charge in [-0.3, -0.25) is 9.69 Å². The van der Waals surface area contributed by atoms with Crippen molar-refractivity contribution in [2.45, 2.75) is 38.0 Å². The molecule has 6 nitrogen and oxygen atoms in total. The van der Waals surface area contributed by atoms with E-state index in [1.54, 1.807) is 12.1 Å². The summed E-state index contributed by atoms with van der Waals surface area (Å²) in [4.78, 5) is 14.8. The van der Waals surface area contributed by atoms with E-state index < -0.39 is 10.0 Å². The normalized spacial score (nSPS) is 16.0. The Kier molecular flexibility index (Phi) is 7.28. The average Bonchev–Trinajstić information content (AvgIpc) is 2.74. The van der Waals surface area contributed by atoms with E-state index in [1.807, 2.05) is 41.3 Å². The quantitative estimate of drug-likeness (QED) is 0.733. The van der Waals surface area contributed by atoms with Crippen LogP contribution < -0.4 is 5.32 Å². The maximum Gasteiger partial charge on any atom is 0.243 e. The molecule has 1 heterocycles. The Labute approximate surface area is 179 Å². The first-order valence-electron chi connectivity index (χ1n) is 10.5. The number of carbonyl (C=O) groups excluding carboxylic acids is 1. The van der Waals surface area contributed by atoms with Crippen LogP contribution in [0.4, 0.5) is 5.69 Å². The lowest BCUT2D eigenvalue weighted by atomic mass is 10.0. The van der Waals surface area contributed by atoms with Crippen LogP contribution in [0.1, 0.15) is 37.8 Å². The fourth-order valence-electron chi connectivity index (χ4n) is 3.65. The number of carbonyl (C=O) groups is 1. The number of sulfonamides is 1. The fourth-order valence-corrected chi connectivity index (χ4v) is 5.07. The van der Waals surface area contributed by atoms with Gasteiger partial charge < -0.3 is 5.32 Å². The Hall–Kier alpha value is -2.22. The summed E-state index contributed by atoms with van der Waals surface area (Å²) in [6.45, 7) is 8.31. The monoisotopic (exact) mass is 429 g/mol. The summed E-state index contributed by atoms with van der Waals surface area (Å²) < 4.78 is 27.4. The number of anilines is 1. The van der Waals surface area contributed by atoms with Gasteiger partial charge >= 0.3 is 0 Å². The number of nitrogens with one attached hydrogen (secondary N) is 1. The van der Waals surface area contributed by atoms with E-state index in [0.717, 1.165) is 23.2 Å². The maximum atomic E-state index is 12.9. The van der Waals surface area contributed by atoms with E-state index in [1.165, 1.54) is 4.31 Å². The molecule has 0 bridgehead atoms.